The monoisotopic (exact) mass is 157 g/mol. The minimum Gasteiger partial charge on any atom is -0.249 e. The van der Waals surface area contributed by atoms with Crippen molar-refractivity contribution in [3.8, 4) is 0 Å². The largest absolute Gasteiger partial charge is 0.249 e. The lowest BCUT2D eigenvalue weighted by atomic mass is 10.0. The first-order valence-corrected chi connectivity index (χ1v) is 4.01. The lowest BCUT2D eigenvalue weighted by Crippen LogP contribution is -2.17. The summed E-state index contributed by atoms with van der Waals surface area (Å²) >= 11 is 0. The highest BCUT2D eigenvalue weighted by Crippen LogP contribution is 2.29. The molecule has 0 spiro atoms. The number of isocyanates is 1. The van der Waals surface area contributed by atoms with Crippen molar-refractivity contribution in [3.05, 3.63) is 0 Å². The number of carbonyl (C=O) groups excluding carboxylic acids is 1. The van der Waals surface area contributed by atoms with Crippen LogP contribution in [0.3, 0.4) is 0 Å². The summed E-state index contributed by atoms with van der Waals surface area (Å²) in [4.78, 5) is 13.3. The molecule has 11 heavy (non-hydrogen) atoms. The Hall–Kier alpha value is -0.690. The van der Waals surface area contributed by atoms with Crippen LogP contribution in [0.25, 0.3) is 0 Å². The van der Waals surface area contributed by atoms with Gasteiger partial charge in [0.25, 0.3) is 0 Å². The molecule has 0 N–H and O–H groups in total. The molecule has 0 bridgehead atoms. The van der Waals surface area contributed by atoms with Crippen LogP contribution in [-0.2, 0) is 4.79 Å². The van der Waals surface area contributed by atoms with Gasteiger partial charge in [-0.3, -0.25) is 0 Å². The van der Waals surface area contributed by atoms with Gasteiger partial charge in [-0.2, -0.15) is 4.99 Å². The lowest BCUT2D eigenvalue weighted by molar-refractivity contribution is 0.338. The van der Waals surface area contributed by atoms with E-state index in [1.807, 2.05) is 0 Å². The quantitative estimate of drug-likeness (QED) is 0.454. The second-order valence-electron chi connectivity index (χ2n) is 2.99. The maximum Gasteiger partial charge on any atom is 0.235 e. The van der Waals surface area contributed by atoms with E-state index in [2.05, 4.69) is 4.99 Å². The van der Waals surface area contributed by atoms with Crippen molar-refractivity contribution >= 4 is 6.08 Å². The Kier molecular flexibility index (Phi) is 3.24. The van der Waals surface area contributed by atoms with E-state index in [9.17, 15) is 9.18 Å². The SMILES string of the molecule is O=C=NC(CF)C1CCCC1. The number of aliphatic imine (C=N–C) groups is 1. The van der Waals surface area contributed by atoms with Gasteiger partial charge in [-0.05, 0) is 18.8 Å². The summed E-state index contributed by atoms with van der Waals surface area (Å²) in [6.45, 7) is -0.514. The predicted octanol–water partition coefficient (Wildman–Crippen LogP) is 1.85. The number of hydrogen-bond acceptors (Lipinski definition) is 2. The number of nitrogens with zero attached hydrogens (tertiary/aromatic N) is 1. The van der Waals surface area contributed by atoms with Gasteiger partial charge < -0.3 is 0 Å². The van der Waals surface area contributed by atoms with E-state index in [1.165, 1.54) is 6.08 Å². The van der Waals surface area contributed by atoms with Gasteiger partial charge in [0.1, 0.15) is 6.67 Å². The zero-order valence-corrected chi connectivity index (χ0v) is 6.42. The number of alkyl halides is 1. The average Bonchev–Trinajstić information content (AvgIpc) is 2.52. The molecule has 1 saturated carbocycles. The topological polar surface area (TPSA) is 29.4 Å². The molecule has 1 rings (SSSR count). The van der Waals surface area contributed by atoms with E-state index < -0.39 is 12.7 Å². The van der Waals surface area contributed by atoms with Crippen molar-refractivity contribution in [2.45, 2.75) is 31.7 Å². The van der Waals surface area contributed by atoms with Crippen molar-refractivity contribution in [2.75, 3.05) is 6.67 Å². The molecule has 1 unspecified atom stereocenters. The third-order valence-electron chi connectivity index (χ3n) is 2.32. The van der Waals surface area contributed by atoms with Crippen molar-refractivity contribution in [1.82, 2.24) is 0 Å². The highest BCUT2D eigenvalue weighted by atomic mass is 19.1. The fourth-order valence-electron chi connectivity index (χ4n) is 1.68. The van der Waals surface area contributed by atoms with Crippen LogP contribution in [0.15, 0.2) is 4.99 Å². The molecule has 0 heterocycles. The predicted molar refractivity (Wildman–Crippen MR) is 39.8 cm³/mol. The van der Waals surface area contributed by atoms with Crippen LogP contribution >= 0.6 is 0 Å². The van der Waals surface area contributed by atoms with E-state index in [4.69, 9.17) is 0 Å². The lowest BCUT2D eigenvalue weighted by Gasteiger charge is -2.12. The van der Waals surface area contributed by atoms with Crippen LogP contribution in [-0.4, -0.2) is 18.8 Å². The summed E-state index contributed by atoms with van der Waals surface area (Å²) in [5, 5.41) is 0. The molecule has 0 saturated heterocycles. The first-order chi connectivity index (χ1) is 5.38. The number of halogens is 1. The standard InChI is InChI=1S/C8H12FNO/c9-5-8(10-6-11)7-3-1-2-4-7/h7-8H,1-5H2. The highest BCUT2D eigenvalue weighted by Gasteiger charge is 2.24. The average molecular weight is 157 g/mol. The normalized spacial score (nSPS) is 21.2. The first kappa shape index (κ1) is 8.41. The fourth-order valence-corrected chi connectivity index (χ4v) is 1.68. The summed E-state index contributed by atoms with van der Waals surface area (Å²) < 4.78 is 12.2. The molecular weight excluding hydrogens is 145 g/mol. The van der Waals surface area contributed by atoms with E-state index >= 15 is 0 Å². The van der Waals surface area contributed by atoms with E-state index in [-0.39, 0.29) is 0 Å². The molecule has 1 atom stereocenters. The molecule has 0 aliphatic heterocycles. The van der Waals surface area contributed by atoms with Gasteiger partial charge >= 0.3 is 0 Å². The first-order valence-electron chi connectivity index (χ1n) is 4.01. The van der Waals surface area contributed by atoms with Crippen LogP contribution < -0.4 is 0 Å². The molecular formula is C8H12FNO. The molecule has 0 amide bonds. The molecule has 1 fully saturated rings. The molecule has 62 valence electrons. The summed E-state index contributed by atoms with van der Waals surface area (Å²) in [6.07, 6.45) is 5.75. The van der Waals surface area contributed by atoms with Gasteiger partial charge in [0.15, 0.2) is 0 Å². The molecule has 1 aliphatic carbocycles. The fraction of sp³-hybridized carbons (Fsp3) is 0.875. The van der Waals surface area contributed by atoms with E-state index in [0.29, 0.717) is 5.92 Å². The summed E-state index contributed by atoms with van der Waals surface area (Å²) in [7, 11) is 0. The molecule has 1 aliphatic rings. The molecule has 0 radical (unpaired) electrons. The van der Waals surface area contributed by atoms with Gasteiger partial charge in [0.05, 0.1) is 6.04 Å². The molecule has 2 nitrogen and oxygen atoms in total. The van der Waals surface area contributed by atoms with Gasteiger partial charge in [-0.15, -0.1) is 0 Å². The summed E-state index contributed by atoms with van der Waals surface area (Å²) in [6, 6.07) is -0.407. The van der Waals surface area contributed by atoms with E-state index in [1.54, 1.807) is 0 Å². The van der Waals surface area contributed by atoms with Crippen molar-refractivity contribution in [3.63, 3.8) is 0 Å². The summed E-state index contributed by atoms with van der Waals surface area (Å²) in [5.41, 5.74) is 0. The molecule has 3 heteroatoms. The van der Waals surface area contributed by atoms with Crippen LogP contribution in [0.5, 0.6) is 0 Å². The Morgan fingerprint density at radius 1 is 1.55 bits per heavy atom. The third kappa shape index (κ3) is 2.12. The van der Waals surface area contributed by atoms with Crippen LogP contribution in [0.2, 0.25) is 0 Å². The second-order valence-corrected chi connectivity index (χ2v) is 2.99. The smallest absolute Gasteiger partial charge is 0.235 e. The Morgan fingerprint density at radius 2 is 2.18 bits per heavy atom. The number of rotatable bonds is 3. The minimum atomic E-state index is -0.514. The third-order valence-corrected chi connectivity index (χ3v) is 2.32. The molecule has 0 aromatic carbocycles. The van der Waals surface area contributed by atoms with Crippen LogP contribution in [0.1, 0.15) is 25.7 Å². The molecule has 0 aromatic rings. The Balaban J connectivity index is 2.45. The van der Waals surface area contributed by atoms with Crippen molar-refractivity contribution in [1.29, 1.82) is 0 Å². The van der Waals surface area contributed by atoms with Gasteiger partial charge in [-0.1, -0.05) is 12.8 Å². The van der Waals surface area contributed by atoms with Crippen molar-refractivity contribution < 1.29 is 9.18 Å². The van der Waals surface area contributed by atoms with Crippen LogP contribution in [0, 0.1) is 5.92 Å². The Labute approximate surface area is 65.5 Å². The zero-order valence-electron chi connectivity index (χ0n) is 6.42. The highest BCUT2D eigenvalue weighted by molar-refractivity contribution is 5.33. The maximum atomic E-state index is 12.2. The molecule has 0 aromatic heterocycles. The van der Waals surface area contributed by atoms with E-state index in [0.717, 1.165) is 25.7 Å². The van der Waals surface area contributed by atoms with Gasteiger partial charge in [-0.25, -0.2) is 9.18 Å². The Bertz CT molecular complexity index is 159. The Morgan fingerprint density at radius 3 is 2.64 bits per heavy atom. The summed E-state index contributed by atoms with van der Waals surface area (Å²) in [5.74, 6) is 0.293. The van der Waals surface area contributed by atoms with Crippen molar-refractivity contribution in [2.24, 2.45) is 10.9 Å². The van der Waals surface area contributed by atoms with Gasteiger partial charge in [0, 0.05) is 0 Å². The zero-order chi connectivity index (χ0) is 8.10. The number of hydrogen-bond donors (Lipinski definition) is 0. The second kappa shape index (κ2) is 4.24. The maximum absolute atomic E-state index is 12.2. The minimum absolute atomic E-state index is 0.293. The van der Waals surface area contributed by atoms with Gasteiger partial charge in [0.2, 0.25) is 6.08 Å². The van der Waals surface area contributed by atoms with Crippen LogP contribution in [0.4, 0.5) is 4.39 Å².